The van der Waals surface area contributed by atoms with E-state index in [1.54, 1.807) is 0 Å². The Bertz CT molecular complexity index is 525. The van der Waals surface area contributed by atoms with Gasteiger partial charge in [0.25, 0.3) is 0 Å². The first-order chi connectivity index (χ1) is 8.76. The zero-order valence-corrected chi connectivity index (χ0v) is 11.1. The lowest BCUT2D eigenvalue weighted by Crippen LogP contribution is -2.29. The van der Waals surface area contributed by atoms with Gasteiger partial charge in [-0.15, -0.1) is 0 Å². The third-order valence-electron chi connectivity index (χ3n) is 3.10. The van der Waals surface area contributed by atoms with Gasteiger partial charge >= 0.3 is 0 Å². The average molecular weight is 261 g/mol. The van der Waals surface area contributed by atoms with E-state index in [2.05, 4.69) is 24.5 Å². The standard InChI is InChI=1S/C15H17ClN2/c1-2-11-6-3-4-9-14(11)15(18-17)12-7-5-8-13(16)10-12/h3-10,15,18H,2,17H2,1H3. The second-order valence-electron chi connectivity index (χ2n) is 4.21. The first-order valence-electron chi connectivity index (χ1n) is 6.05. The highest BCUT2D eigenvalue weighted by Gasteiger charge is 2.15. The van der Waals surface area contributed by atoms with Crippen LogP contribution < -0.4 is 11.3 Å². The lowest BCUT2D eigenvalue weighted by atomic mass is 9.94. The number of halogens is 1. The number of aryl methyl sites for hydroxylation is 1. The predicted octanol–water partition coefficient (Wildman–Crippen LogP) is 3.46. The number of rotatable bonds is 4. The second-order valence-corrected chi connectivity index (χ2v) is 4.64. The molecule has 0 spiro atoms. The van der Waals surface area contributed by atoms with Crippen molar-refractivity contribution in [2.75, 3.05) is 0 Å². The summed E-state index contributed by atoms with van der Waals surface area (Å²) in [6.45, 7) is 2.14. The topological polar surface area (TPSA) is 38.0 Å². The molecule has 0 aliphatic rings. The summed E-state index contributed by atoms with van der Waals surface area (Å²) in [7, 11) is 0. The maximum Gasteiger partial charge on any atom is 0.0713 e. The summed E-state index contributed by atoms with van der Waals surface area (Å²) in [5.74, 6) is 5.72. The molecule has 0 bridgehead atoms. The van der Waals surface area contributed by atoms with E-state index in [1.165, 1.54) is 11.1 Å². The fraction of sp³-hybridized carbons (Fsp3) is 0.200. The maximum absolute atomic E-state index is 6.04. The van der Waals surface area contributed by atoms with Crippen molar-refractivity contribution >= 4 is 11.6 Å². The minimum absolute atomic E-state index is 0.0279. The minimum Gasteiger partial charge on any atom is -0.271 e. The van der Waals surface area contributed by atoms with Crippen molar-refractivity contribution in [2.45, 2.75) is 19.4 Å². The normalized spacial score (nSPS) is 12.4. The lowest BCUT2D eigenvalue weighted by Gasteiger charge is -2.20. The smallest absolute Gasteiger partial charge is 0.0713 e. The third-order valence-corrected chi connectivity index (χ3v) is 3.33. The third kappa shape index (κ3) is 2.72. The number of hydrogen-bond acceptors (Lipinski definition) is 2. The van der Waals surface area contributed by atoms with Gasteiger partial charge < -0.3 is 0 Å². The maximum atomic E-state index is 6.04. The molecular weight excluding hydrogens is 244 g/mol. The Morgan fingerprint density at radius 3 is 2.61 bits per heavy atom. The van der Waals surface area contributed by atoms with Crippen molar-refractivity contribution in [3.05, 3.63) is 70.2 Å². The van der Waals surface area contributed by atoms with Crippen LogP contribution in [0.2, 0.25) is 5.02 Å². The van der Waals surface area contributed by atoms with Crippen LogP contribution in [0.4, 0.5) is 0 Å². The summed E-state index contributed by atoms with van der Waals surface area (Å²) >= 11 is 6.04. The van der Waals surface area contributed by atoms with Gasteiger partial charge in [0.1, 0.15) is 0 Å². The van der Waals surface area contributed by atoms with E-state index in [4.69, 9.17) is 17.4 Å². The molecule has 2 nitrogen and oxygen atoms in total. The van der Waals surface area contributed by atoms with Crippen LogP contribution in [0.5, 0.6) is 0 Å². The molecule has 2 aromatic carbocycles. The van der Waals surface area contributed by atoms with E-state index in [0.717, 1.165) is 17.0 Å². The molecule has 0 saturated carbocycles. The molecule has 2 rings (SSSR count). The molecule has 0 saturated heterocycles. The van der Waals surface area contributed by atoms with Crippen LogP contribution in [0.3, 0.4) is 0 Å². The van der Waals surface area contributed by atoms with Gasteiger partial charge in [-0.1, -0.05) is 54.9 Å². The van der Waals surface area contributed by atoms with Gasteiger partial charge in [-0.2, -0.15) is 0 Å². The van der Waals surface area contributed by atoms with Crippen LogP contribution in [0.15, 0.2) is 48.5 Å². The van der Waals surface area contributed by atoms with E-state index in [0.29, 0.717) is 0 Å². The summed E-state index contributed by atoms with van der Waals surface area (Å²) in [6.07, 6.45) is 0.981. The molecular formula is C15H17ClN2. The van der Waals surface area contributed by atoms with Crippen LogP contribution in [0, 0.1) is 0 Å². The molecule has 0 heterocycles. The Hall–Kier alpha value is -1.35. The van der Waals surface area contributed by atoms with Crippen molar-refractivity contribution in [3.8, 4) is 0 Å². The fourth-order valence-electron chi connectivity index (χ4n) is 2.19. The molecule has 94 valence electrons. The number of hydrogen-bond donors (Lipinski definition) is 2. The number of nitrogens with two attached hydrogens (primary N) is 1. The van der Waals surface area contributed by atoms with E-state index in [-0.39, 0.29) is 6.04 Å². The summed E-state index contributed by atoms with van der Waals surface area (Å²) in [6, 6.07) is 16.1. The molecule has 1 unspecified atom stereocenters. The highest BCUT2D eigenvalue weighted by molar-refractivity contribution is 6.30. The summed E-state index contributed by atoms with van der Waals surface area (Å²) in [5.41, 5.74) is 6.44. The zero-order chi connectivity index (χ0) is 13.0. The van der Waals surface area contributed by atoms with E-state index in [1.807, 2.05) is 36.4 Å². The van der Waals surface area contributed by atoms with Crippen LogP contribution in [0.25, 0.3) is 0 Å². The largest absolute Gasteiger partial charge is 0.271 e. The molecule has 0 radical (unpaired) electrons. The van der Waals surface area contributed by atoms with Crippen LogP contribution in [-0.4, -0.2) is 0 Å². The molecule has 3 N–H and O–H groups in total. The van der Waals surface area contributed by atoms with Gasteiger partial charge in [0.05, 0.1) is 6.04 Å². The Morgan fingerprint density at radius 2 is 1.94 bits per heavy atom. The molecule has 0 fully saturated rings. The molecule has 0 aliphatic carbocycles. The minimum atomic E-state index is -0.0279. The monoisotopic (exact) mass is 260 g/mol. The van der Waals surface area contributed by atoms with Crippen LogP contribution in [-0.2, 0) is 6.42 Å². The molecule has 2 aromatic rings. The number of nitrogens with one attached hydrogen (secondary N) is 1. The second kappa shape index (κ2) is 6.01. The summed E-state index contributed by atoms with van der Waals surface area (Å²) < 4.78 is 0. The van der Waals surface area contributed by atoms with Gasteiger partial charge in [0.2, 0.25) is 0 Å². The molecule has 0 aromatic heterocycles. The van der Waals surface area contributed by atoms with Gasteiger partial charge in [-0.3, -0.25) is 5.84 Å². The van der Waals surface area contributed by atoms with E-state index in [9.17, 15) is 0 Å². The van der Waals surface area contributed by atoms with Crippen molar-refractivity contribution in [1.29, 1.82) is 0 Å². The highest BCUT2D eigenvalue weighted by Crippen LogP contribution is 2.26. The average Bonchev–Trinajstić information content (AvgIpc) is 2.40. The predicted molar refractivity (Wildman–Crippen MR) is 76.4 cm³/mol. The first-order valence-corrected chi connectivity index (χ1v) is 6.43. The van der Waals surface area contributed by atoms with Crippen LogP contribution in [0.1, 0.15) is 29.7 Å². The molecule has 0 amide bonds. The van der Waals surface area contributed by atoms with Gasteiger partial charge in [0, 0.05) is 5.02 Å². The Balaban J connectivity index is 2.45. The quantitative estimate of drug-likeness (QED) is 0.653. The number of hydrazine groups is 1. The zero-order valence-electron chi connectivity index (χ0n) is 10.4. The van der Waals surface area contributed by atoms with E-state index >= 15 is 0 Å². The first kappa shape index (κ1) is 13.1. The van der Waals surface area contributed by atoms with Gasteiger partial charge in [-0.05, 0) is 35.2 Å². The van der Waals surface area contributed by atoms with Crippen molar-refractivity contribution < 1.29 is 0 Å². The molecule has 18 heavy (non-hydrogen) atoms. The Morgan fingerprint density at radius 1 is 1.17 bits per heavy atom. The SMILES string of the molecule is CCc1ccccc1C(NN)c1cccc(Cl)c1. The molecule has 0 aliphatic heterocycles. The fourth-order valence-corrected chi connectivity index (χ4v) is 2.39. The van der Waals surface area contributed by atoms with Crippen molar-refractivity contribution in [3.63, 3.8) is 0 Å². The Kier molecular flexibility index (Phi) is 4.37. The van der Waals surface area contributed by atoms with Crippen LogP contribution >= 0.6 is 11.6 Å². The highest BCUT2D eigenvalue weighted by atomic mass is 35.5. The molecule has 3 heteroatoms. The molecule has 1 atom stereocenters. The van der Waals surface area contributed by atoms with Gasteiger partial charge in [0.15, 0.2) is 0 Å². The van der Waals surface area contributed by atoms with Crippen molar-refractivity contribution in [1.82, 2.24) is 5.43 Å². The van der Waals surface area contributed by atoms with Gasteiger partial charge in [-0.25, -0.2) is 5.43 Å². The summed E-state index contributed by atoms with van der Waals surface area (Å²) in [4.78, 5) is 0. The lowest BCUT2D eigenvalue weighted by molar-refractivity contribution is 0.631. The number of benzene rings is 2. The summed E-state index contributed by atoms with van der Waals surface area (Å²) in [5, 5.41) is 0.724. The van der Waals surface area contributed by atoms with Crippen molar-refractivity contribution in [2.24, 2.45) is 5.84 Å². The Labute approximate surface area is 113 Å². The van der Waals surface area contributed by atoms with E-state index < -0.39 is 0 Å².